The van der Waals surface area contributed by atoms with E-state index in [1.54, 1.807) is 60.7 Å². The van der Waals surface area contributed by atoms with Crippen LogP contribution < -0.4 is 13.9 Å². The largest absolute Gasteiger partial charge is 0.736 e. The van der Waals surface area contributed by atoms with Gasteiger partial charge in [0.2, 0.25) is 0 Å². The molecule has 0 saturated carbocycles. The predicted molar refractivity (Wildman–Crippen MR) is 127 cm³/mol. The number of benzene rings is 2. The minimum Gasteiger partial charge on any atom is -0.736 e. The molecule has 174 valence electrons. The summed E-state index contributed by atoms with van der Waals surface area (Å²) < 4.78 is 22.2. The SMILES string of the molecule is CCCCCCCCCC[N+](C)(C)C.O=P([O-])(Oc1ccccc1)Oc1ccccc1. The number of nitrogens with zero attached hydrogens (tertiary/aromatic N) is 1. The average molecular weight is 450 g/mol. The second kappa shape index (κ2) is 15.1. The molecule has 0 fully saturated rings. The average Bonchev–Trinajstić information content (AvgIpc) is 2.70. The van der Waals surface area contributed by atoms with Crippen LogP contribution in [0.3, 0.4) is 0 Å². The Morgan fingerprint density at radius 2 is 1.10 bits per heavy atom. The molecule has 2 aromatic rings. The van der Waals surface area contributed by atoms with Crippen LogP contribution >= 0.6 is 7.82 Å². The molecule has 0 aliphatic heterocycles. The predicted octanol–water partition coefficient (Wildman–Crippen LogP) is 6.45. The zero-order valence-corrected chi connectivity index (χ0v) is 20.6. The summed E-state index contributed by atoms with van der Waals surface area (Å²) in [4.78, 5) is 11.6. The number of hydrogen-bond acceptors (Lipinski definition) is 4. The molecule has 0 atom stereocenters. The van der Waals surface area contributed by atoms with Crippen molar-refractivity contribution >= 4 is 7.82 Å². The molecular weight excluding hydrogens is 409 g/mol. The molecule has 0 radical (unpaired) electrons. The molecule has 2 rings (SSSR count). The van der Waals surface area contributed by atoms with Gasteiger partial charge in [-0.25, -0.2) is 4.57 Å². The van der Waals surface area contributed by atoms with Crippen LogP contribution in [0.2, 0.25) is 0 Å². The maximum Gasteiger partial charge on any atom is 0.372 e. The Balaban J connectivity index is 0.000000318. The van der Waals surface area contributed by atoms with Crippen LogP contribution in [0.5, 0.6) is 11.5 Å². The van der Waals surface area contributed by atoms with E-state index < -0.39 is 7.82 Å². The number of quaternary nitrogens is 1. The van der Waals surface area contributed by atoms with E-state index in [1.165, 1.54) is 57.9 Å². The van der Waals surface area contributed by atoms with Crippen LogP contribution in [-0.4, -0.2) is 32.2 Å². The lowest BCUT2D eigenvalue weighted by molar-refractivity contribution is -0.870. The summed E-state index contributed by atoms with van der Waals surface area (Å²) in [5.74, 6) is 0.448. The van der Waals surface area contributed by atoms with Gasteiger partial charge in [0, 0.05) is 0 Å². The Morgan fingerprint density at radius 3 is 1.48 bits per heavy atom. The minimum absolute atomic E-state index is 0.224. The summed E-state index contributed by atoms with van der Waals surface area (Å²) in [5.41, 5.74) is 0. The van der Waals surface area contributed by atoms with E-state index in [1.807, 2.05) is 0 Å². The van der Waals surface area contributed by atoms with E-state index >= 15 is 0 Å². The van der Waals surface area contributed by atoms with Crippen molar-refractivity contribution in [1.29, 1.82) is 0 Å². The maximum atomic E-state index is 11.6. The molecule has 5 nitrogen and oxygen atoms in total. The van der Waals surface area contributed by atoms with E-state index in [0.29, 0.717) is 0 Å². The van der Waals surface area contributed by atoms with Gasteiger partial charge in [0.1, 0.15) is 11.5 Å². The highest BCUT2D eigenvalue weighted by atomic mass is 31.2. The van der Waals surface area contributed by atoms with Gasteiger partial charge in [-0.3, -0.25) is 0 Å². The standard InChI is InChI=1S/C13H30N.C12H11O4P/c1-5-6-7-8-9-10-11-12-13-14(2,3)4;13-17(14,15-11-7-3-1-4-8-11)16-12-9-5-2-6-10-12/h5-13H2,1-4H3;1-10H,(H,13,14)/q+1;/p-1. The Kier molecular flexibility index (Phi) is 13.2. The van der Waals surface area contributed by atoms with Crippen LogP contribution in [0.4, 0.5) is 0 Å². The molecule has 0 aliphatic carbocycles. The number of phosphoric ester groups is 1. The lowest BCUT2D eigenvalue weighted by Gasteiger charge is -2.23. The highest BCUT2D eigenvalue weighted by Gasteiger charge is 2.12. The third kappa shape index (κ3) is 15.6. The number of rotatable bonds is 13. The van der Waals surface area contributed by atoms with Crippen molar-refractivity contribution in [3.8, 4) is 11.5 Å². The maximum absolute atomic E-state index is 11.6. The molecule has 0 aromatic heterocycles. The first kappa shape index (κ1) is 27.2. The Bertz CT molecular complexity index is 687. The first-order chi connectivity index (χ1) is 14.7. The highest BCUT2D eigenvalue weighted by Crippen LogP contribution is 2.40. The van der Waals surface area contributed by atoms with E-state index in [9.17, 15) is 9.46 Å². The van der Waals surface area contributed by atoms with Gasteiger partial charge < -0.3 is 18.4 Å². The molecule has 0 aliphatic rings. The van der Waals surface area contributed by atoms with Crippen molar-refractivity contribution in [2.45, 2.75) is 58.3 Å². The Morgan fingerprint density at radius 1 is 0.710 bits per heavy atom. The van der Waals surface area contributed by atoms with Crippen molar-refractivity contribution in [2.24, 2.45) is 0 Å². The van der Waals surface area contributed by atoms with Crippen molar-refractivity contribution in [3.63, 3.8) is 0 Å². The molecule has 0 amide bonds. The fraction of sp³-hybridized carbons (Fsp3) is 0.520. The summed E-state index contributed by atoms with van der Waals surface area (Å²) in [6.45, 7) is 3.61. The zero-order chi connectivity index (χ0) is 23.0. The molecule has 0 N–H and O–H groups in total. The topological polar surface area (TPSA) is 58.6 Å². The second-order valence-corrected chi connectivity index (χ2v) is 10.0. The zero-order valence-electron chi connectivity index (χ0n) is 19.7. The molecule has 0 spiro atoms. The smallest absolute Gasteiger partial charge is 0.372 e. The van der Waals surface area contributed by atoms with Crippen LogP contribution in [0.15, 0.2) is 60.7 Å². The minimum atomic E-state index is -4.39. The van der Waals surface area contributed by atoms with Crippen LogP contribution in [-0.2, 0) is 4.57 Å². The van der Waals surface area contributed by atoms with Gasteiger partial charge in [-0.05, 0) is 37.1 Å². The molecular formula is C25H40NO4P. The van der Waals surface area contributed by atoms with Gasteiger partial charge >= 0.3 is 7.82 Å². The van der Waals surface area contributed by atoms with E-state index in [4.69, 9.17) is 9.05 Å². The Labute approximate surface area is 189 Å². The third-order valence-electron chi connectivity index (χ3n) is 4.60. The van der Waals surface area contributed by atoms with Crippen molar-refractivity contribution < 1.29 is 23.0 Å². The summed E-state index contributed by atoms with van der Waals surface area (Å²) in [6, 6.07) is 16.4. The quantitative estimate of drug-likeness (QED) is 0.200. The fourth-order valence-electron chi connectivity index (χ4n) is 2.96. The van der Waals surface area contributed by atoms with E-state index in [2.05, 4.69) is 28.1 Å². The molecule has 2 aromatic carbocycles. The number of para-hydroxylation sites is 2. The van der Waals surface area contributed by atoms with Gasteiger partial charge in [-0.15, -0.1) is 0 Å². The normalized spacial score (nSPS) is 11.4. The lowest BCUT2D eigenvalue weighted by atomic mass is 10.1. The van der Waals surface area contributed by atoms with Crippen molar-refractivity contribution in [3.05, 3.63) is 60.7 Å². The summed E-state index contributed by atoms with van der Waals surface area (Å²) in [5, 5.41) is 0. The summed E-state index contributed by atoms with van der Waals surface area (Å²) in [7, 11) is 2.45. The molecule has 0 bridgehead atoms. The van der Waals surface area contributed by atoms with Gasteiger partial charge in [0.25, 0.3) is 0 Å². The van der Waals surface area contributed by atoms with Gasteiger partial charge in [-0.2, -0.15) is 0 Å². The van der Waals surface area contributed by atoms with Crippen LogP contribution in [0.25, 0.3) is 0 Å². The van der Waals surface area contributed by atoms with Crippen molar-refractivity contribution in [2.75, 3.05) is 27.7 Å². The lowest BCUT2D eigenvalue weighted by Crippen LogP contribution is -2.35. The van der Waals surface area contributed by atoms with Crippen molar-refractivity contribution in [1.82, 2.24) is 0 Å². The molecule has 0 heterocycles. The Hall–Kier alpha value is -1.81. The molecule has 6 heteroatoms. The van der Waals surface area contributed by atoms with Crippen LogP contribution in [0.1, 0.15) is 58.3 Å². The van der Waals surface area contributed by atoms with Gasteiger partial charge in [-0.1, -0.05) is 81.8 Å². The first-order valence-corrected chi connectivity index (χ1v) is 12.8. The second-order valence-electron chi connectivity index (χ2n) is 8.74. The number of phosphoric acid groups is 1. The molecule has 0 saturated heterocycles. The number of hydrogen-bond donors (Lipinski definition) is 0. The molecule has 31 heavy (non-hydrogen) atoms. The van der Waals surface area contributed by atoms with Gasteiger partial charge in [0.15, 0.2) is 0 Å². The number of unbranched alkanes of at least 4 members (excludes halogenated alkanes) is 7. The van der Waals surface area contributed by atoms with Crippen LogP contribution in [0, 0.1) is 0 Å². The molecule has 0 unspecified atom stereocenters. The fourth-order valence-corrected chi connectivity index (χ4v) is 3.76. The van der Waals surface area contributed by atoms with E-state index in [0.717, 1.165) is 4.48 Å². The third-order valence-corrected chi connectivity index (χ3v) is 5.47. The first-order valence-electron chi connectivity index (χ1n) is 11.3. The monoisotopic (exact) mass is 449 g/mol. The highest BCUT2D eigenvalue weighted by molar-refractivity contribution is 7.46. The van der Waals surface area contributed by atoms with E-state index in [-0.39, 0.29) is 11.5 Å². The van der Waals surface area contributed by atoms with Gasteiger partial charge in [0.05, 0.1) is 27.7 Å². The summed E-state index contributed by atoms with van der Waals surface area (Å²) in [6.07, 6.45) is 11.4. The summed E-state index contributed by atoms with van der Waals surface area (Å²) >= 11 is 0.